The summed E-state index contributed by atoms with van der Waals surface area (Å²) in [5.74, 6) is -0.292. The fourth-order valence-electron chi connectivity index (χ4n) is 2.74. The highest BCUT2D eigenvalue weighted by Gasteiger charge is 2.24. The highest BCUT2D eigenvalue weighted by Crippen LogP contribution is 2.41. The Morgan fingerprint density at radius 2 is 1.73 bits per heavy atom. The maximum absolute atomic E-state index is 13.6. The van der Waals surface area contributed by atoms with E-state index in [0.717, 1.165) is 17.5 Å². The molecule has 0 aliphatic carbocycles. The van der Waals surface area contributed by atoms with Crippen molar-refractivity contribution >= 4 is 34.8 Å². The zero-order chi connectivity index (χ0) is 16.3. The van der Waals surface area contributed by atoms with Gasteiger partial charge in [-0.05, 0) is 66.3 Å². The molecule has 0 aliphatic heterocycles. The SMILES string of the molecule is CC(c1cc(F)ccc1Cl)C(CCN)c1ccc(Cl)cc1Cl. The summed E-state index contributed by atoms with van der Waals surface area (Å²) in [5.41, 5.74) is 7.46. The van der Waals surface area contributed by atoms with Gasteiger partial charge in [-0.1, -0.05) is 47.8 Å². The monoisotopic (exact) mass is 359 g/mol. The van der Waals surface area contributed by atoms with Gasteiger partial charge in [-0.2, -0.15) is 0 Å². The Hall–Kier alpha value is -0.800. The van der Waals surface area contributed by atoms with Gasteiger partial charge >= 0.3 is 0 Å². The van der Waals surface area contributed by atoms with Crippen LogP contribution in [0.4, 0.5) is 4.39 Å². The average Bonchev–Trinajstić information content (AvgIpc) is 2.47. The number of benzene rings is 2. The van der Waals surface area contributed by atoms with Crippen LogP contribution in [0.3, 0.4) is 0 Å². The second-order valence-corrected chi connectivity index (χ2v) is 6.56. The highest BCUT2D eigenvalue weighted by molar-refractivity contribution is 6.35. The van der Waals surface area contributed by atoms with Crippen molar-refractivity contribution in [1.29, 1.82) is 0 Å². The Balaban J connectivity index is 2.44. The standard InChI is InChI=1S/C17H17Cl3FN/c1-10(15-9-12(21)3-5-16(15)19)13(6-7-22)14-4-2-11(18)8-17(14)20/h2-5,8-10,13H,6-7,22H2,1H3. The third kappa shape index (κ3) is 3.94. The van der Waals surface area contributed by atoms with E-state index >= 15 is 0 Å². The Labute approximate surface area is 145 Å². The molecule has 1 nitrogen and oxygen atoms in total. The molecule has 2 rings (SSSR count). The summed E-state index contributed by atoms with van der Waals surface area (Å²) in [6.07, 6.45) is 0.718. The molecule has 0 spiro atoms. The number of rotatable bonds is 5. The second-order valence-electron chi connectivity index (χ2n) is 5.30. The van der Waals surface area contributed by atoms with Gasteiger partial charge in [0.15, 0.2) is 0 Å². The lowest BCUT2D eigenvalue weighted by atomic mass is 9.80. The van der Waals surface area contributed by atoms with E-state index in [2.05, 4.69) is 0 Å². The van der Waals surface area contributed by atoms with Crippen LogP contribution in [0.25, 0.3) is 0 Å². The molecule has 2 aromatic rings. The van der Waals surface area contributed by atoms with Gasteiger partial charge in [0, 0.05) is 15.1 Å². The van der Waals surface area contributed by atoms with Crippen LogP contribution >= 0.6 is 34.8 Å². The number of nitrogens with two attached hydrogens (primary N) is 1. The maximum atomic E-state index is 13.6. The summed E-state index contributed by atoms with van der Waals surface area (Å²) >= 11 is 18.5. The molecule has 5 heteroatoms. The fourth-order valence-corrected chi connectivity index (χ4v) is 3.58. The molecule has 0 heterocycles. The first-order valence-electron chi connectivity index (χ1n) is 7.04. The van der Waals surface area contributed by atoms with Gasteiger partial charge in [0.2, 0.25) is 0 Å². The first-order valence-corrected chi connectivity index (χ1v) is 8.17. The third-order valence-electron chi connectivity index (χ3n) is 3.89. The van der Waals surface area contributed by atoms with Crippen LogP contribution in [0, 0.1) is 5.82 Å². The molecule has 0 bridgehead atoms. The summed E-state index contributed by atoms with van der Waals surface area (Å²) in [7, 11) is 0. The summed E-state index contributed by atoms with van der Waals surface area (Å²) in [6, 6.07) is 9.81. The predicted octanol–water partition coefficient (Wildman–Crippen LogP) is 6.02. The minimum Gasteiger partial charge on any atom is -0.330 e. The molecule has 0 aromatic heterocycles. The van der Waals surface area contributed by atoms with Crippen molar-refractivity contribution in [3.8, 4) is 0 Å². The third-order valence-corrected chi connectivity index (χ3v) is 4.80. The van der Waals surface area contributed by atoms with Crippen LogP contribution in [0.2, 0.25) is 15.1 Å². The smallest absolute Gasteiger partial charge is 0.123 e. The molecule has 22 heavy (non-hydrogen) atoms. The predicted molar refractivity (Wildman–Crippen MR) is 92.7 cm³/mol. The minimum atomic E-state index is -0.306. The molecular formula is C17H17Cl3FN. The van der Waals surface area contributed by atoms with Gasteiger partial charge in [0.1, 0.15) is 5.82 Å². The van der Waals surface area contributed by atoms with E-state index in [1.54, 1.807) is 18.2 Å². The largest absolute Gasteiger partial charge is 0.330 e. The molecule has 0 saturated carbocycles. The molecule has 0 radical (unpaired) electrons. The molecule has 2 aromatic carbocycles. The molecule has 0 fully saturated rings. The molecule has 0 saturated heterocycles. The van der Waals surface area contributed by atoms with Crippen LogP contribution in [0.5, 0.6) is 0 Å². The van der Waals surface area contributed by atoms with Crippen molar-refractivity contribution in [3.05, 3.63) is 68.4 Å². The summed E-state index contributed by atoms with van der Waals surface area (Å²) < 4.78 is 13.6. The molecule has 2 N–H and O–H groups in total. The number of halogens is 4. The van der Waals surface area contributed by atoms with Crippen LogP contribution in [0.15, 0.2) is 36.4 Å². The van der Waals surface area contributed by atoms with Crippen LogP contribution in [0.1, 0.15) is 36.3 Å². The topological polar surface area (TPSA) is 26.0 Å². The highest BCUT2D eigenvalue weighted by atomic mass is 35.5. The lowest BCUT2D eigenvalue weighted by molar-refractivity contribution is 0.537. The molecule has 118 valence electrons. The second kappa shape index (κ2) is 7.65. The van der Waals surface area contributed by atoms with E-state index in [4.69, 9.17) is 40.5 Å². The van der Waals surface area contributed by atoms with E-state index in [0.29, 0.717) is 21.6 Å². The van der Waals surface area contributed by atoms with Crippen LogP contribution in [-0.2, 0) is 0 Å². The molecule has 0 amide bonds. The van der Waals surface area contributed by atoms with Gasteiger partial charge in [0.05, 0.1) is 0 Å². The Morgan fingerprint density at radius 3 is 2.36 bits per heavy atom. The summed E-state index contributed by atoms with van der Waals surface area (Å²) in [5, 5.41) is 1.71. The Morgan fingerprint density at radius 1 is 1.00 bits per heavy atom. The quantitative estimate of drug-likeness (QED) is 0.693. The summed E-state index contributed by atoms with van der Waals surface area (Å²) in [4.78, 5) is 0. The molecule has 2 atom stereocenters. The van der Waals surface area contributed by atoms with Crippen molar-refractivity contribution in [2.75, 3.05) is 6.54 Å². The average molecular weight is 361 g/mol. The molecule has 2 unspecified atom stereocenters. The van der Waals surface area contributed by atoms with Gasteiger partial charge < -0.3 is 5.73 Å². The lowest BCUT2D eigenvalue weighted by Gasteiger charge is -2.26. The van der Waals surface area contributed by atoms with E-state index < -0.39 is 0 Å². The molecule has 0 aliphatic rings. The van der Waals surface area contributed by atoms with E-state index in [-0.39, 0.29) is 17.7 Å². The first kappa shape index (κ1) is 17.6. The van der Waals surface area contributed by atoms with Crippen molar-refractivity contribution in [1.82, 2.24) is 0 Å². The van der Waals surface area contributed by atoms with Gasteiger partial charge in [-0.3, -0.25) is 0 Å². The van der Waals surface area contributed by atoms with Gasteiger partial charge in [-0.25, -0.2) is 4.39 Å². The van der Waals surface area contributed by atoms with Crippen molar-refractivity contribution < 1.29 is 4.39 Å². The lowest BCUT2D eigenvalue weighted by Crippen LogP contribution is -2.14. The Kier molecular flexibility index (Phi) is 6.10. The van der Waals surface area contributed by atoms with E-state index in [1.807, 2.05) is 13.0 Å². The zero-order valence-corrected chi connectivity index (χ0v) is 14.4. The van der Waals surface area contributed by atoms with Crippen molar-refractivity contribution in [2.45, 2.75) is 25.2 Å². The van der Waals surface area contributed by atoms with E-state index in [9.17, 15) is 4.39 Å². The zero-order valence-electron chi connectivity index (χ0n) is 12.1. The summed E-state index contributed by atoms with van der Waals surface area (Å²) in [6.45, 7) is 2.51. The van der Waals surface area contributed by atoms with Crippen molar-refractivity contribution in [3.63, 3.8) is 0 Å². The van der Waals surface area contributed by atoms with Crippen LogP contribution < -0.4 is 5.73 Å². The minimum absolute atomic E-state index is 0.0228. The van der Waals surface area contributed by atoms with Crippen molar-refractivity contribution in [2.24, 2.45) is 5.73 Å². The normalized spacial score (nSPS) is 13.9. The van der Waals surface area contributed by atoms with Gasteiger partial charge in [0.25, 0.3) is 0 Å². The maximum Gasteiger partial charge on any atom is 0.123 e. The van der Waals surface area contributed by atoms with Crippen LogP contribution in [-0.4, -0.2) is 6.54 Å². The Bertz CT molecular complexity index is 660. The first-order chi connectivity index (χ1) is 10.4. The fraction of sp³-hybridized carbons (Fsp3) is 0.294. The number of hydrogen-bond donors (Lipinski definition) is 1. The van der Waals surface area contributed by atoms with Gasteiger partial charge in [-0.15, -0.1) is 0 Å². The number of hydrogen-bond acceptors (Lipinski definition) is 1. The molecular weight excluding hydrogens is 344 g/mol. The van der Waals surface area contributed by atoms with E-state index in [1.165, 1.54) is 12.1 Å².